The highest BCUT2D eigenvalue weighted by molar-refractivity contribution is 5.55. The first kappa shape index (κ1) is 20.8. The van der Waals surface area contributed by atoms with Crippen molar-refractivity contribution < 1.29 is 27.0 Å². The van der Waals surface area contributed by atoms with E-state index in [0.29, 0.717) is 5.56 Å². The lowest BCUT2D eigenvalue weighted by Crippen LogP contribution is -2.14. The molecule has 0 saturated heterocycles. The molecule has 0 atom stereocenters. The van der Waals surface area contributed by atoms with Crippen molar-refractivity contribution in [1.82, 2.24) is 15.0 Å². The van der Waals surface area contributed by atoms with Crippen LogP contribution in [0.15, 0.2) is 18.3 Å². The highest BCUT2D eigenvalue weighted by Gasteiger charge is 2.40. The molecule has 0 amide bonds. The minimum Gasteiger partial charge on any atom is -0.480 e. The van der Waals surface area contributed by atoms with E-state index in [1.165, 1.54) is 6.20 Å². The minimum absolute atomic E-state index is 0.193. The van der Waals surface area contributed by atoms with E-state index < -0.39 is 23.6 Å². The van der Waals surface area contributed by atoms with Crippen LogP contribution in [0.3, 0.4) is 0 Å². The summed E-state index contributed by atoms with van der Waals surface area (Å²) in [6, 6.07) is 3.30. The zero-order chi connectivity index (χ0) is 19.0. The van der Waals surface area contributed by atoms with Crippen LogP contribution in [0.1, 0.15) is 25.0 Å². The molecule has 0 unspecified atom stereocenters. The average Bonchev–Trinajstić information content (AvgIpc) is 2.54. The molecule has 138 valence electrons. The van der Waals surface area contributed by atoms with E-state index in [1.807, 2.05) is 13.8 Å². The van der Waals surface area contributed by atoms with Crippen LogP contribution in [-0.4, -0.2) is 35.3 Å². The van der Waals surface area contributed by atoms with E-state index in [-0.39, 0.29) is 11.5 Å². The van der Waals surface area contributed by atoms with E-state index >= 15 is 0 Å². The predicted molar refractivity (Wildman–Crippen MR) is 83.7 cm³/mol. The molecule has 25 heavy (non-hydrogen) atoms. The van der Waals surface area contributed by atoms with Crippen molar-refractivity contribution in [2.45, 2.75) is 26.9 Å². The van der Waals surface area contributed by atoms with Crippen LogP contribution in [0, 0.1) is 12.9 Å². The monoisotopic (exact) mass is 361 g/mol. The Morgan fingerprint density at radius 3 is 2.20 bits per heavy atom. The SMILES string of the molecule is CCOCC.COc1nc(-c2ncccc2C)nc(F)c1C(F)(F)F. The summed E-state index contributed by atoms with van der Waals surface area (Å²) in [5, 5.41) is 0. The number of hydrogen-bond acceptors (Lipinski definition) is 5. The molecule has 5 nitrogen and oxygen atoms in total. The molecule has 0 spiro atoms. The Morgan fingerprint density at radius 2 is 1.76 bits per heavy atom. The van der Waals surface area contributed by atoms with Crippen molar-refractivity contribution in [3.8, 4) is 17.4 Å². The fourth-order valence-corrected chi connectivity index (χ4v) is 1.83. The van der Waals surface area contributed by atoms with Gasteiger partial charge in [-0.2, -0.15) is 27.5 Å². The van der Waals surface area contributed by atoms with E-state index in [4.69, 9.17) is 4.74 Å². The Bertz CT molecular complexity index is 692. The Morgan fingerprint density at radius 1 is 1.12 bits per heavy atom. The number of ether oxygens (including phenoxy) is 2. The van der Waals surface area contributed by atoms with Crippen LogP contribution < -0.4 is 4.74 Å². The summed E-state index contributed by atoms with van der Waals surface area (Å²) in [5.41, 5.74) is -0.829. The molecule has 0 aromatic carbocycles. The summed E-state index contributed by atoms with van der Waals surface area (Å²) in [5.74, 6) is -2.82. The van der Waals surface area contributed by atoms with Gasteiger partial charge in [0, 0.05) is 19.4 Å². The number of alkyl halides is 3. The van der Waals surface area contributed by atoms with Crippen LogP contribution >= 0.6 is 0 Å². The first-order chi connectivity index (χ1) is 11.8. The summed E-state index contributed by atoms with van der Waals surface area (Å²) in [6.45, 7) is 7.33. The normalized spacial score (nSPS) is 10.9. The van der Waals surface area contributed by atoms with Gasteiger partial charge in [-0.3, -0.25) is 4.98 Å². The van der Waals surface area contributed by atoms with Gasteiger partial charge in [0.2, 0.25) is 11.8 Å². The van der Waals surface area contributed by atoms with Crippen LogP contribution in [0.4, 0.5) is 17.6 Å². The maximum Gasteiger partial charge on any atom is 0.426 e. The second kappa shape index (κ2) is 9.26. The zero-order valence-electron chi connectivity index (χ0n) is 14.3. The van der Waals surface area contributed by atoms with Crippen LogP contribution in [0.25, 0.3) is 11.5 Å². The van der Waals surface area contributed by atoms with E-state index in [1.54, 1.807) is 19.1 Å². The number of methoxy groups -OCH3 is 1. The average molecular weight is 361 g/mol. The van der Waals surface area contributed by atoms with Gasteiger partial charge in [0.1, 0.15) is 5.69 Å². The lowest BCUT2D eigenvalue weighted by Gasteiger charge is -2.12. The van der Waals surface area contributed by atoms with Crippen LogP contribution in [0.5, 0.6) is 5.88 Å². The van der Waals surface area contributed by atoms with Gasteiger partial charge in [0.05, 0.1) is 7.11 Å². The number of pyridine rings is 1. The highest BCUT2D eigenvalue weighted by atomic mass is 19.4. The van der Waals surface area contributed by atoms with Crippen molar-refractivity contribution in [2.75, 3.05) is 20.3 Å². The van der Waals surface area contributed by atoms with Gasteiger partial charge in [-0.1, -0.05) is 6.07 Å². The predicted octanol–water partition coefficient (Wildman–Crippen LogP) is 4.06. The van der Waals surface area contributed by atoms with Crippen molar-refractivity contribution in [3.05, 3.63) is 35.4 Å². The maximum atomic E-state index is 13.6. The zero-order valence-corrected chi connectivity index (χ0v) is 14.3. The van der Waals surface area contributed by atoms with Crippen LogP contribution in [-0.2, 0) is 10.9 Å². The fourth-order valence-electron chi connectivity index (χ4n) is 1.83. The highest BCUT2D eigenvalue weighted by Crippen LogP contribution is 2.37. The topological polar surface area (TPSA) is 57.1 Å². The third kappa shape index (κ3) is 5.63. The lowest BCUT2D eigenvalue weighted by molar-refractivity contribution is -0.142. The molecule has 0 bridgehead atoms. The molecule has 0 aliphatic carbocycles. The summed E-state index contributed by atoms with van der Waals surface area (Å²) < 4.78 is 61.1. The Hall–Kier alpha value is -2.29. The Balaban J connectivity index is 0.000000550. The fraction of sp³-hybridized carbons (Fsp3) is 0.438. The molecule has 0 saturated carbocycles. The standard InChI is InChI=1S/C12H9F4N3O.C4H10O/c1-6-4-3-5-17-8(6)10-18-9(13)7(12(14,15)16)11(19-10)20-2;1-3-5-4-2/h3-5H,1-2H3;3-4H2,1-2H3. The van der Waals surface area contributed by atoms with Crippen LogP contribution in [0.2, 0.25) is 0 Å². The lowest BCUT2D eigenvalue weighted by atomic mass is 10.2. The molecular weight excluding hydrogens is 342 g/mol. The van der Waals surface area contributed by atoms with E-state index in [2.05, 4.69) is 19.7 Å². The number of rotatable bonds is 4. The van der Waals surface area contributed by atoms with Gasteiger partial charge >= 0.3 is 6.18 Å². The van der Waals surface area contributed by atoms with Gasteiger partial charge in [0.25, 0.3) is 0 Å². The first-order valence-electron chi connectivity index (χ1n) is 7.44. The summed E-state index contributed by atoms with van der Waals surface area (Å²) >= 11 is 0. The van der Waals surface area contributed by atoms with Gasteiger partial charge in [-0.15, -0.1) is 0 Å². The van der Waals surface area contributed by atoms with Gasteiger partial charge in [0.15, 0.2) is 11.4 Å². The molecule has 2 rings (SSSR count). The number of aryl methyl sites for hydroxylation is 1. The molecule has 2 aromatic rings. The number of halogens is 4. The Labute approximate surface area is 143 Å². The van der Waals surface area contributed by atoms with Gasteiger partial charge < -0.3 is 9.47 Å². The largest absolute Gasteiger partial charge is 0.480 e. The molecule has 0 aliphatic rings. The van der Waals surface area contributed by atoms with E-state index in [9.17, 15) is 17.6 Å². The van der Waals surface area contributed by atoms with Gasteiger partial charge in [-0.25, -0.2) is 0 Å². The molecule has 2 heterocycles. The molecule has 0 fully saturated rings. The van der Waals surface area contributed by atoms with Crippen molar-refractivity contribution >= 4 is 0 Å². The third-order valence-electron chi connectivity index (χ3n) is 2.94. The quantitative estimate of drug-likeness (QED) is 0.607. The second-order valence-corrected chi connectivity index (χ2v) is 4.67. The van der Waals surface area contributed by atoms with Gasteiger partial charge in [-0.05, 0) is 32.4 Å². The number of nitrogens with zero attached hydrogens (tertiary/aromatic N) is 3. The van der Waals surface area contributed by atoms with Crippen molar-refractivity contribution in [2.24, 2.45) is 0 Å². The molecule has 0 aliphatic heterocycles. The molecule has 0 radical (unpaired) electrons. The smallest absolute Gasteiger partial charge is 0.426 e. The maximum absolute atomic E-state index is 13.6. The summed E-state index contributed by atoms with van der Waals surface area (Å²) in [6.07, 6.45) is -3.53. The summed E-state index contributed by atoms with van der Waals surface area (Å²) in [4.78, 5) is 10.8. The number of aromatic nitrogens is 3. The third-order valence-corrected chi connectivity index (χ3v) is 2.94. The molecule has 2 aromatic heterocycles. The van der Waals surface area contributed by atoms with E-state index in [0.717, 1.165) is 20.3 Å². The molecule has 0 N–H and O–H groups in total. The molecule has 9 heteroatoms. The minimum atomic E-state index is -4.94. The molecular formula is C16H19F4N3O2. The number of hydrogen-bond donors (Lipinski definition) is 0. The van der Waals surface area contributed by atoms with Crippen molar-refractivity contribution in [3.63, 3.8) is 0 Å². The first-order valence-corrected chi connectivity index (χ1v) is 7.44. The summed E-state index contributed by atoms with van der Waals surface area (Å²) in [7, 11) is 0.978. The second-order valence-electron chi connectivity index (χ2n) is 4.67. The Kier molecular flexibility index (Phi) is 7.69. The van der Waals surface area contributed by atoms with Crippen molar-refractivity contribution in [1.29, 1.82) is 0 Å².